The normalized spacial score (nSPS) is 32.7. The fraction of sp³-hybridized carbons (Fsp3) is 0.529. The lowest BCUT2D eigenvalue weighted by Crippen LogP contribution is -2.45. The van der Waals surface area contributed by atoms with Crippen molar-refractivity contribution in [2.75, 3.05) is 6.61 Å². The Balaban J connectivity index is 1.60. The van der Waals surface area contributed by atoms with E-state index in [1.165, 1.54) is 4.80 Å². The lowest BCUT2D eigenvalue weighted by Gasteiger charge is -2.33. The van der Waals surface area contributed by atoms with Crippen LogP contribution in [-0.2, 0) is 14.2 Å². The molecule has 1 N–H and O–H groups in total. The molecule has 24 heavy (non-hydrogen) atoms. The minimum Gasteiger partial charge on any atom is -0.384 e. The van der Waals surface area contributed by atoms with Gasteiger partial charge in [0.05, 0.1) is 18.5 Å². The third kappa shape index (κ3) is 2.44. The van der Waals surface area contributed by atoms with Crippen molar-refractivity contribution in [1.82, 2.24) is 15.0 Å². The summed E-state index contributed by atoms with van der Waals surface area (Å²) in [5, 5.41) is 19.5. The molecule has 4 atom stereocenters. The van der Waals surface area contributed by atoms with Gasteiger partial charge in [0.2, 0.25) is 0 Å². The largest absolute Gasteiger partial charge is 0.384 e. The molecule has 0 spiro atoms. The molecule has 2 saturated heterocycles. The maximum absolute atomic E-state index is 10.9. The number of aliphatic hydroxyl groups excluding tert-OH is 1. The summed E-state index contributed by atoms with van der Waals surface area (Å²) in [6, 6.07) is 9.54. The van der Waals surface area contributed by atoms with Crippen LogP contribution in [0.1, 0.15) is 32.6 Å². The molecule has 2 aliphatic heterocycles. The second-order valence-corrected chi connectivity index (χ2v) is 6.89. The fourth-order valence-electron chi connectivity index (χ4n) is 3.40. The first-order valence-corrected chi connectivity index (χ1v) is 8.04. The van der Waals surface area contributed by atoms with Crippen LogP contribution in [0.2, 0.25) is 0 Å². The van der Waals surface area contributed by atoms with Crippen molar-refractivity contribution < 1.29 is 19.3 Å². The van der Waals surface area contributed by atoms with E-state index in [0.29, 0.717) is 12.3 Å². The van der Waals surface area contributed by atoms with Crippen LogP contribution in [0.4, 0.5) is 0 Å². The van der Waals surface area contributed by atoms with Crippen LogP contribution in [0.5, 0.6) is 0 Å². The number of para-hydroxylation sites is 1. The molecule has 0 radical (unpaired) electrons. The van der Waals surface area contributed by atoms with Crippen molar-refractivity contribution in [3.63, 3.8) is 0 Å². The van der Waals surface area contributed by atoms with Crippen LogP contribution in [0.3, 0.4) is 0 Å². The fourth-order valence-corrected chi connectivity index (χ4v) is 3.40. The molecule has 1 aromatic heterocycles. The van der Waals surface area contributed by atoms with Crippen molar-refractivity contribution in [2.45, 2.75) is 50.5 Å². The van der Waals surface area contributed by atoms with E-state index >= 15 is 0 Å². The van der Waals surface area contributed by atoms with E-state index in [1.807, 2.05) is 51.1 Å². The Labute approximate surface area is 140 Å². The first kappa shape index (κ1) is 15.7. The van der Waals surface area contributed by atoms with Gasteiger partial charge in [0, 0.05) is 0 Å². The Morgan fingerprint density at radius 3 is 2.71 bits per heavy atom. The zero-order valence-electron chi connectivity index (χ0n) is 13.9. The smallest absolute Gasteiger partial charge is 0.164 e. The molecule has 7 heteroatoms. The van der Waals surface area contributed by atoms with Crippen molar-refractivity contribution in [1.29, 1.82) is 0 Å². The average Bonchev–Trinajstić information content (AvgIpc) is 3.23. The molecule has 2 fully saturated rings. The van der Waals surface area contributed by atoms with Crippen molar-refractivity contribution >= 4 is 0 Å². The SMILES string of the molecule is CC1(C)O[C@@H]2[C@@H](CO[C@]2(C)[C@H](O)c2cnn(-c3ccccc3)n2)O1. The van der Waals surface area contributed by atoms with E-state index in [1.54, 1.807) is 6.20 Å². The molecule has 0 unspecified atom stereocenters. The topological polar surface area (TPSA) is 78.6 Å². The second kappa shape index (κ2) is 5.35. The van der Waals surface area contributed by atoms with Crippen LogP contribution in [0.25, 0.3) is 5.69 Å². The third-order valence-electron chi connectivity index (χ3n) is 4.63. The van der Waals surface area contributed by atoms with Gasteiger partial charge in [-0.2, -0.15) is 15.0 Å². The molecule has 3 heterocycles. The lowest BCUT2D eigenvalue weighted by atomic mass is 9.90. The summed E-state index contributed by atoms with van der Waals surface area (Å²) in [6.45, 7) is 5.94. The van der Waals surface area contributed by atoms with Crippen LogP contribution in [-0.4, -0.2) is 50.3 Å². The maximum Gasteiger partial charge on any atom is 0.164 e. The van der Waals surface area contributed by atoms with Gasteiger partial charge in [-0.25, -0.2) is 0 Å². The van der Waals surface area contributed by atoms with Crippen LogP contribution >= 0.6 is 0 Å². The predicted molar refractivity (Wildman–Crippen MR) is 84.5 cm³/mol. The van der Waals surface area contributed by atoms with E-state index in [4.69, 9.17) is 14.2 Å². The molecule has 0 saturated carbocycles. The Kier molecular flexibility index (Phi) is 3.50. The summed E-state index contributed by atoms with van der Waals surface area (Å²) < 4.78 is 17.6. The van der Waals surface area contributed by atoms with Crippen molar-refractivity contribution in [2.24, 2.45) is 0 Å². The Morgan fingerprint density at radius 1 is 1.21 bits per heavy atom. The predicted octanol–water partition coefficient (Wildman–Crippen LogP) is 1.61. The number of nitrogens with zero attached hydrogens (tertiary/aromatic N) is 3. The quantitative estimate of drug-likeness (QED) is 0.920. The number of aliphatic hydroxyl groups is 1. The van der Waals surface area contributed by atoms with Crippen LogP contribution < -0.4 is 0 Å². The molecule has 0 aliphatic carbocycles. The Morgan fingerprint density at radius 2 is 1.96 bits per heavy atom. The van der Waals surface area contributed by atoms with Gasteiger partial charge in [-0.1, -0.05) is 18.2 Å². The molecule has 1 aromatic carbocycles. The Bertz CT molecular complexity index is 732. The van der Waals surface area contributed by atoms with Gasteiger partial charge in [-0.3, -0.25) is 0 Å². The monoisotopic (exact) mass is 331 g/mol. The highest BCUT2D eigenvalue weighted by Gasteiger charge is 2.60. The standard InChI is InChI=1S/C17H21N3O4/c1-16(2)23-13-10-22-17(3,15(13)24-16)14(21)12-9-18-20(19-12)11-7-5-4-6-8-11/h4-9,13-15,21H,10H2,1-3H3/t13-,14-,15-,17-/m1/s1. The van der Waals surface area contributed by atoms with E-state index in [2.05, 4.69) is 10.2 Å². The number of fused-ring (bicyclic) bond motifs is 1. The second-order valence-electron chi connectivity index (χ2n) is 6.89. The number of hydrogen-bond acceptors (Lipinski definition) is 6. The number of aromatic nitrogens is 3. The van der Waals surface area contributed by atoms with Crippen LogP contribution in [0, 0.1) is 0 Å². The van der Waals surface area contributed by atoms with Gasteiger partial charge in [-0.15, -0.1) is 0 Å². The summed E-state index contributed by atoms with van der Waals surface area (Å²) in [5.41, 5.74) is 0.332. The van der Waals surface area contributed by atoms with Crippen molar-refractivity contribution in [3.8, 4) is 5.69 Å². The first-order chi connectivity index (χ1) is 11.4. The maximum atomic E-state index is 10.9. The summed E-state index contributed by atoms with van der Waals surface area (Å²) in [4.78, 5) is 1.49. The molecule has 0 amide bonds. The minimum absolute atomic E-state index is 0.191. The summed E-state index contributed by atoms with van der Waals surface area (Å²) in [6.07, 6.45) is 0.0382. The minimum atomic E-state index is -0.970. The lowest BCUT2D eigenvalue weighted by molar-refractivity contribution is -0.211. The molecule has 2 aromatic rings. The zero-order valence-corrected chi connectivity index (χ0v) is 13.9. The van der Waals surface area contributed by atoms with E-state index in [9.17, 15) is 5.11 Å². The molecule has 128 valence electrons. The molecule has 2 aliphatic rings. The zero-order chi connectivity index (χ0) is 16.9. The molecule has 0 bridgehead atoms. The highest BCUT2D eigenvalue weighted by molar-refractivity contribution is 5.28. The highest BCUT2D eigenvalue weighted by Crippen LogP contribution is 2.46. The Hall–Kier alpha value is -1.80. The summed E-state index contributed by atoms with van der Waals surface area (Å²) in [7, 11) is 0. The van der Waals surface area contributed by atoms with Gasteiger partial charge < -0.3 is 19.3 Å². The van der Waals surface area contributed by atoms with Gasteiger partial charge >= 0.3 is 0 Å². The molecule has 4 rings (SSSR count). The summed E-state index contributed by atoms with van der Waals surface area (Å²) in [5.74, 6) is -0.679. The number of hydrogen-bond donors (Lipinski definition) is 1. The molecule has 7 nitrogen and oxygen atoms in total. The number of benzene rings is 1. The van der Waals surface area contributed by atoms with Gasteiger partial charge in [0.15, 0.2) is 5.79 Å². The molecular weight excluding hydrogens is 310 g/mol. The van der Waals surface area contributed by atoms with E-state index in [-0.39, 0.29) is 12.2 Å². The van der Waals surface area contributed by atoms with Gasteiger partial charge in [-0.05, 0) is 32.9 Å². The molecular formula is C17H21N3O4. The van der Waals surface area contributed by atoms with E-state index in [0.717, 1.165) is 5.69 Å². The van der Waals surface area contributed by atoms with Crippen LogP contribution in [0.15, 0.2) is 36.5 Å². The first-order valence-electron chi connectivity index (χ1n) is 8.04. The number of rotatable bonds is 3. The van der Waals surface area contributed by atoms with Gasteiger partial charge in [0.25, 0.3) is 0 Å². The van der Waals surface area contributed by atoms with E-state index < -0.39 is 17.5 Å². The van der Waals surface area contributed by atoms with Crippen molar-refractivity contribution in [3.05, 3.63) is 42.2 Å². The summed E-state index contributed by atoms with van der Waals surface area (Å²) >= 11 is 0. The third-order valence-corrected chi connectivity index (χ3v) is 4.63. The number of ether oxygens (including phenoxy) is 3. The van der Waals surface area contributed by atoms with Gasteiger partial charge in [0.1, 0.15) is 29.6 Å². The average molecular weight is 331 g/mol. The highest BCUT2D eigenvalue weighted by atomic mass is 16.8.